The minimum atomic E-state index is -3.18. The summed E-state index contributed by atoms with van der Waals surface area (Å²) in [7, 11) is -3.18. The van der Waals surface area contributed by atoms with Gasteiger partial charge in [0.2, 0.25) is 0 Å². The molecular weight excluding hydrogens is 419 g/mol. The van der Waals surface area contributed by atoms with Crippen LogP contribution in [-0.2, 0) is 19.8 Å². The lowest BCUT2D eigenvalue weighted by Gasteiger charge is -2.17. The molecule has 0 spiro atoms. The first kappa shape index (κ1) is 21.0. The van der Waals surface area contributed by atoms with Crippen LogP contribution in [-0.4, -0.2) is 24.1 Å². The second-order valence-corrected chi connectivity index (χ2v) is 9.35. The standard InChI is InChI=1S/C19H20ClN2O4PS/c1-3-25-27(24,26-4-2)12-13-8-10-14(11-9-13)18(23)22-19-21-17-15(20)6-5-7-16(17)28-19/h5-11H,3-4,12H2,1-2H3,(H,21,22,23). The van der Waals surface area contributed by atoms with E-state index in [2.05, 4.69) is 10.3 Å². The average Bonchev–Trinajstić information content (AvgIpc) is 3.06. The molecule has 0 atom stereocenters. The second-order valence-electron chi connectivity index (χ2n) is 5.86. The summed E-state index contributed by atoms with van der Waals surface area (Å²) < 4.78 is 24.1. The van der Waals surface area contributed by atoms with Crippen molar-refractivity contribution < 1.29 is 18.4 Å². The molecule has 0 saturated heterocycles. The van der Waals surface area contributed by atoms with Crippen molar-refractivity contribution in [2.24, 2.45) is 0 Å². The molecule has 1 aromatic heterocycles. The molecule has 0 unspecified atom stereocenters. The molecule has 0 fully saturated rings. The summed E-state index contributed by atoms with van der Waals surface area (Å²) in [4.78, 5) is 16.9. The van der Waals surface area contributed by atoms with Gasteiger partial charge in [0.1, 0.15) is 5.52 Å². The number of fused-ring (bicyclic) bond motifs is 1. The van der Waals surface area contributed by atoms with Crippen molar-refractivity contribution in [1.29, 1.82) is 0 Å². The molecule has 0 aliphatic carbocycles. The summed E-state index contributed by atoms with van der Waals surface area (Å²) in [6.07, 6.45) is 0.160. The molecule has 6 nitrogen and oxygen atoms in total. The average molecular weight is 439 g/mol. The van der Waals surface area contributed by atoms with Crippen molar-refractivity contribution >= 4 is 51.8 Å². The number of para-hydroxylation sites is 1. The maximum Gasteiger partial charge on any atom is 0.335 e. The molecular formula is C19H20ClN2O4PS. The number of thiazole rings is 1. The van der Waals surface area contributed by atoms with Gasteiger partial charge in [-0.2, -0.15) is 0 Å². The summed E-state index contributed by atoms with van der Waals surface area (Å²) >= 11 is 7.49. The number of halogens is 1. The number of nitrogens with zero attached hydrogens (tertiary/aromatic N) is 1. The smallest absolute Gasteiger partial charge is 0.309 e. The van der Waals surface area contributed by atoms with Crippen molar-refractivity contribution in [3.63, 3.8) is 0 Å². The third kappa shape index (κ3) is 4.99. The quantitative estimate of drug-likeness (QED) is 0.438. The van der Waals surface area contributed by atoms with Crippen LogP contribution in [0.3, 0.4) is 0 Å². The number of hydrogen-bond donors (Lipinski definition) is 1. The van der Waals surface area contributed by atoms with E-state index in [1.54, 1.807) is 44.2 Å². The van der Waals surface area contributed by atoms with E-state index >= 15 is 0 Å². The summed E-state index contributed by atoms with van der Waals surface area (Å²) in [5, 5.41) is 3.82. The van der Waals surface area contributed by atoms with Crippen LogP contribution in [0.1, 0.15) is 29.8 Å². The Morgan fingerprint density at radius 1 is 1.14 bits per heavy atom. The number of carbonyl (C=O) groups is 1. The number of carbonyl (C=O) groups excluding carboxylic acids is 1. The SMILES string of the molecule is CCOP(=O)(Cc1ccc(C(=O)Nc2nc3c(Cl)cccc3s2)cc1)OCC. The van der Waals surface area contributed by atoms with Gasteiger partial charge in [-0.3, -0.25) is 14.7 Å². The maximum absolute atomic E-state index is 12.6. The fourth-order valence-corrected chi connectivity index (χ4v) is 5.51. The van der Waals surface area contributed by atoms with Crippen LogP contribution in [0, 0.1) is 0 Å². The van der Waals surface area contributed by atoms with Crippen molar-refractivity contribution in [2.45, 2.75) is 20.0 Å². The molecule has 1 amide bonds. The number of hydrogen-bond acceptors (Lipinski definition) is 6. The van der Waals surface area contributed by atoms with Gasteiger partial charge in [-0.15, -0.1) is 0 Å². The van der Waals surface area contributed by atoms with Gasteiger partial charge < -0.3 is 9.05 Å². The van der Waals surface area contributed by atoms with Crippen molar-refractivity contribution in [3.05, 3.63) is 58.6 Å². The molecule has 1 N–H and O–H groups in total. The highest BCUT2D eigenvalue weighted by Crippen LogP contribution is 2.51. The molecule has 0 aliphatic rings. The third-order valence-corrected chi connectivity index (χ3v) is 7.13. The van der Waals surface area contributed by atoms with Gasteiger partial charge in [0.05, 0.1) is 29.1 Å². The highest BCUT2D eigenvalue weighted by Gasteiger charge is 2.24. The predicted octanol–water partition coefficient (Wildman–Crippen LogP) is 5.97. The highest BCUT2D eigenvalue weighted by molar-refractivity contribution is 7.53. The van der Waals surface area contributed by atoms with E-state index in [9.17, 15) is 9.36 Å². The lowest BCUT2D eigenvalue weighted by Crippen LogP contribution is -2.11. The van der Waals surface area contributed by atoms with Crippen LogP contribution >= 0.6 is 30.5 Å². The predicted molar refractivity (Wildman–Crippen MR) is 114 cm³/mol. The Morgan fingerprint density at radius 2 is 1.82 bits per heavy atom. The van der Waals surface area contributed by atoms with Crippen LogP contribution in [0.25, 0.3) is 10.2 Å². The van der Waals surface area contributed by atoms with E-state index in [1.165, 1.54) is 11.3 Å². The number of aromatic nitrogens is 1. The van der Waals surface area contributed by atoms with Crippen LogP contribution in [0.4, 0.5) is 5.13 Å². The molecule has 0 aliphatic heterocycles. The molecule has 0 bridgehead atoms. The molecule has 2 aromatic carbocycles. The zero-order valence-electron chi connectivity index (χ0n) is 15.5. The summed E-state index contributed by atoms with van der Waals surface area (Å²) in [5.41, 5.74) is 1.91. The van der Waals surface area contributed by atoms with Gasteiger partial charge in [-0.25, -0.2) is 4.98 Å². The minimum absolute atomic E-state index is 0.160. The monoisotopic (exact) mass is 438 g/mol. The van der Waals surface area contributed by atoms with Crippen molar-refractivity contribution in [1.82, 2.24) is 4.98 Å². The molecule has 28 heavy (non-hydrogen) atoms. The van der Waals surface area contributed by atoms with Crippen molar-refractivity contribution in [3.8, 4) is 0 Å². The number of benzene rings is 2. The topological polar surface area (TPSA) is 77.5 Å². The van der Waals surface area contributed by atoms with Gasteiger partial charge in [0.25, 0.3) is 5.91 Å². The summed E-state index contributed by atoms with van der Waals surface area (Å²) in [6, 6.07) is 12.3. The van der Waals surface area contributed by atoms with E-state index in [0.29, 0.717) is 34.4 Å². The number of nitrogens with one attached hydrogen (secondary N) is 1. The molecule has 148 valence electrons. The Balaban J connectivity index is 1.70. The number of rotatable bonds is 8. The lowest BCUT2D eigenvalue weighted by molar-refractivity contribution is 0.102. The summed E-state index contributed by atoms with van der Waals surface area (Å²) in [5.74, 6) is -0.278. The van der Waals surface area contributed by atoms with Crippen LogP contribution in [0.2, 0.25) is 5.02 Å². The molecule has 3 aromatic rings. The van der Waals surface area contributed by atoms with E-state index in [0.717, 1.165) is 10.3 Å². The molecule has 0 radical (unpaired) electrons. The highest BCUT2D eigenvalue weighted by atomic mass is 35.5. The molecule has 3 rings (SSSR count). The fraction of sp³-hybridized carbons (Fsp3) is 0.263. The van der Waals surface area contributed by atoms with Gasteiger partial charge in [-0.1, -0.05) is 41.1 Å². The first-order chi connectivity index (χ1) is 13.4. The van der Waals surface area contributed by atoms with E-state index in [1.807, 2.05) is 12.1 Å². The Kier molecular flexibility index (Phi) is 6.86. The van der Waals surface area contributed by atoms with Crippen molar-refractivity contribution in [2.75, 3.05) is 18.5 Å². The van der Waals surface area contributed by atoms with Gasteiger partial charge in [0, 0.05) is 5.56 Å². The minimum Gasteiger partial charge on any atom is -0.309 e. The Bertz CT molecular complexity index is 1010. The van der Waals surface area contributed by atoms with E-state index < -0.39 is 7.60 Å². The van der Waals surface area contributed by atoms with Gasteiger partial charge >= 0.3 is 7.60 Å². The molecule has 0 saturated carbocycles. The lowest BCUT2D eigenvalue weighted by atomic mass is 10.1. The Labute approximate surface area is 172 Å². The van der Waals surface area contributed by atoms with Crippen LogP contribution < -0.4 is 5.32 Å². The number of anilines is 1. The number of amides is 1. The zero-order chi connectivity index (χ0) is 20.1. The van der Waals surface area contributed by atoms with E-state index in [-0.39, 0.29) is 12.1 Å². The first-order valence-corrected chi connectivity index (χ1v) is 11.7. The second kappa shape index (κ2) is 9.16. The zero-order valence-corrected chi connectivity index (χ0v) is 17.9. The Hall–Kier alpha value is -1.76. The Morgan fingerprint density at radius 3 is 2.43 bits per heavy atom. The molecule has 1 heterocycles. The molecule has 9 heteroatoms. The van der Waals surface area contributed by atoms with Gasteiger partial charge in [-0.05, 0) is 43.7 Å². The maximum atomic E-state index is 12.6. The largest absolute Gasteiger partial charge is 0.335 e. The van der Waals surface area contributed by atoms with Gasteiger partial charge in [0.15, 0.2) is 5.13 Å². The summed E-state index contributed by atoms with van der Waals surface area (Å²) in [6.45, 7) is 4.16. The third-order valence-electron chi connectivity index (χ3n) is 3.83. The van der Waals surface area contributed by atoms with Crippen LogP contribution in [0.5, 0.6) is 0 Å². The normalized spacial score (nSPS) is 11.7. The first-order valence-electron chi connectivity index (χ1n) is 8.77. The van der Waals surface area contributed by atoms with Crippen LogP contribution in [0.15, 0.2) is 42.5 Å². The van der Waals surface area contributed by atoms with E-state index in [4.69, 9.17) is 20.6 Å². The fourth-order valence-electron chi connectivity index (χ4n) is 2.64.